The van der Waals surface area contributed by atoms with Gasteiger partial charge in [-0.1, -0.05) is 34.1 Å². The molecular formula is C13H24N2. The van der Waals surface area contributed by atoms with E-state index in [-0.39, 0.29) is 5.41 Å². The smallest absolute Gasteiger partial charge is 0.0952 e. The van der Waals surface area contributed by atoms with Gasteiger partial charge in [0.25, 0.3) is 0 Å². The number of imidazole rings is 1. The maximum Gasteiger partial charge on any atom is 0.0952 e. The summed E-state index contributed by atoms with van der Waals surface area (Å²) >= 11 is 0. The lowest BCUT2D eigenvalue weighted by Crippen LogP contribution is -2.16. The van der Waals surface area contributed by atoms with Gasteiger partial charge < -0.3 is 4.57 Å². The lowest BCUT2D eigenvalue weighted by atomic mass is 9.87. The first-order chi connectivity index (χ1) is 7.01. The van der Waals surface area contributed by atoms with Crippen molar-refractivity contribution >= 4 is 0 Å². The summed E-state index contributed by atoms with van der Waals surface area (Å²) < 4.78 is 2.25. The molecule has 0 aliphatic carbocycles. The average molecular weight is 208 g/mol. The van der Waals surface area contributed by atoms with Crippen molar-refractivity contribution in [3.05, 3.63) is 18.2 Å². The maximum atomic E-state index is 4.52. The minimum absolute atomic E-state index is 0.206. The number of nitrogens with zero attached hydrogens (tertiary/aromatic N) is 2. The fourth-order valence-electron chi connectivity index (χ4n) is 1.68. The Labute approximate surface area is 93.7 Å². The third-order valence-corrected chi connectivity index (χ3v) is 3.39. The third kappa shape index (κ3) is 2.83. The molecule has 0 fully saturated rings. The Bertz CT molecular complexity index is 299. The summed E-state index contributed by atoms with van der Waals surface area (Å²) in [6.45, 7) is 11.2. The molecule has 0 bridgehead atoms. The zero-order chi connectivity index (χ0) is 11.5. The molecule has 1 heterocycles. The minimum atomic E-state index is 0.206. The second kappa shape index (κ2) is 4.82. The van der Waals surface area contributed by atoms with Crippen LogP contribution in [0.5, 0.6) is 0 Å². The van der Waals surface area contributed by atoms with Crippen molar-refractivity contribution < 1.29 is 0 Å². The van der Waals surface area contributed by atoms with Crippen molar-refractivity contribution in [3.8, 4) is 0 Å². The molecule has 0 amide bonds. The molecule has 2 heteroatoms. The molecule has 0 aromatic carbocycles. The first-order valence-electron chi connectivity index (χ1n) is 6.05. The van der Waals surface area contributed by atoms with E-state index in [0.29, 0.717) is 6.04 Å². The summed E-state index contributed by atoms with van der Waals surface area (Å²) in [5.74, 6) is 0. The molecule has 1 atom stereocenters. The van der Waals surface area contributed by atoms with Gasteiger partial charge in [-0.2, -0.15) is 0 Å². The zero-order valence-electron chi connectivity index (χ0n) is 10.7. The number of rotatable bonds is 5. The largest absolute Gasteiger partial charge is 0.334 e. The molecule has 0 saturated heterocycles. The van der Waals surface area contributed by atoms with E-state index < -0.39 is 0 Å². The second-order valence-electron chi connectivity index (χ2n) is 5.08. The van der Waals surface area contributed by atoms with E-state index in [2.05, 4.69) is 50.4 Å². The predicted molar refractivity (Wildman–Crippen MR) is 65.2 cm³/mol. The van der Waals surface area contributed by atoms with Crippen LogP contribution in [0.3, 0.4) is 0 Å². The third-order valence-electron chi connectivity index (χ3n) is 3.39. The molecule has 1 aromatic rings. The standard InChI is InChI=1S/C13H24N2/c1-6-8-11(3)15-9-12(14-10-15)13(4,5)7-2/h9-11H,6-8H2,1-5H3. The van der Waals surface area contributed by atoms with E-state index in [1.165, 1.54) is 18.5 Å². The highest BCUT2D eigenvalue weighted by atomic mass is 15.1. The average Bonchev–Trinajstić information content (AvgIpc) is 2.67. The van der Waals surface area contributed by atoms with Crippen LogP contribution in [0.15, 0.2) is 12.5 Å². The minimum Gasteiger partial charge on any atom is -0.334 e. The summed E-state index contributed by atoms with van der Waals surface area (Å²) in [7, 11) is 0. The van der Waals surface area contributed by atoms with Crippen LogP contribution in [-0.4, -0.2) is 9.55 Å². The molecule has 0 aliphatic rings. The lowest BCUT2D eigenvalue weighted by molar-refractivity contribution is 0.482. The van der Waals surface area contributed by atoms with E-state index in [1.54, 1.807) is 0 Å². The fourth-order valence-corrected chi connectivity index (χ4v) is 1.68. The van der Waals surface area contributed by atoms with Crippen LogP contribution in [0.2, 0.25) is 0 Å². The van der Waals surface area contributed by atoms with Gasteiger partial charge in [-0.15, -0.1) is 0 Å². The maximum absolute atomic E-state index is 4.52. The monoisotopic (exact) mass is 208 g/mol. The van der Waals surface area contributed by atoms with Crippen molar-refractivity contribution in [2.24, 2.45) is 0 Å². The topological polar surface area (TPSA) is 17.8 Å². The van der Waals surface area contributed by atoms with Crippen LogP contribution in [-0.2, 0) is 5.41 Å². The van der Waals surface area contributed by atoms with Crippen LogP contribution in [0.4, 0.5) is 0 Å². The van der Waals surface area contributed by atoms with Gasteiger partial charge >= 0.3 is 0 Å². The van der Waals surface area contributed by atoms with Crippen molar-refractivity contribution in [2.75, 3.05) is 0 Å². The molecule has 1 aromatic heterocycles. The van der Waals surface area contributed by atoms with Gasteiger partial charge in [0.2, 0.25) is 0 Å². The van der Waals surface area contributed by atoms with Crippen LogP contribution >= 0.6 is 0 Å². The van der Waals surface area contributed by atoms with E-state index in [0.717, 1.165) is 6.42 Å². The molecular weight excluding hydrogens is 184 g/mol. The number of hydrogen-bond donors (Lipinski definition) is 0. The van der Waals surface area contributed by atoms with Gasteiger partial charge in [0.05, 0.1) is 12.0 Å². The first-order valence-corrected chi connectivity index (χ1v) is 6.05. The van der Waals surface area contributed by atoms with Crippen LogP contribution < -0.4 is 0 Å². The molecule has 1 unspecified atom stereocenters. The molecule has 0 spiro atoms. The quantitative estimate of drug-likeness (QED) is 0.717. The van der Waals surface area contributed by atoms with E-state index in [4.69, 9.17) is 0 Å². The van der Waals surface area contributed by atoms with E-state index in [9.17, 15) is 0 Å². The van der Waals surface area contributed by atoms with Gasteiger partial charge in [0.1, 0.15) is 0 Å². The fraction of sp³-hybridized carbons (Fsp3) is 0.769. The van der Waals surface area contributed by atoms with Gasteiger partial charge in [0, 0.05) is 17.7 Å². The highest BCUT2D eigenvalue weighted by molar-refractivity contribution is 5.10. The molecule has 0 saturated carbocycles. The van der Waals surface area contributed by atoms with Gasteiger partial charge in [0.15, 0.2) is 0 Å². The summed E-state index contributed by atoms with van der Waals surface area (Å²) in [6, 6.07) is 0.573. The second-order valence-corrected chi connectivity index (χ2v) is 5.08. The van der Waals surface area contributed by atoms with Crippen LogP contribution in [0.1, 0.15) is 65.6 Å². The Morgan fingerprint density at radius 1 is 1.40 bits per heavy atom. The highest BCUT2D eigenvalue weighted by Gasteiger charge is 2.21. The van der Waals surface area contributed by atoms with Gasteiger partial charge in [-0.05, 0) is 19.8 Å². The van der Waals surface area contributed by atoms with Crippen molar-refractivity contribution in [1.29, 1.82) is 0 Å². The molecule has 86 valence electrons. The number of aromatic nitrogens is 2. The molecule has 2 nitrogen and oxygen atoms in total. The highest BCUT2D eigenvalue weighted by Crippen LogP contribution is 2.26. The van der Waals surface area contributed by atoms with E-state index >= 15 is 0 Å². The Hall–Kier alpha value is -0.790. The Kier molecular flexibility index (Phi) is 3.95. The normalized spacial score (nSPS) is 14.2. The zero-order valence-corrected chi connectivity index (χ0v) is 10.7. The summed E-state index contributed by atoms with van der Waals surface area (Å²) in [4.78, 5) is 4.52. The van der Waals surface area contributed by atoms with Crippen molar-refractivity contribution in [3.63, 3.8) is 0 Å². The summed E-state index contributed by atoms with van der Waals surface area (Å²) in [5, 5.41) is 0. The molecule has 0 radical (unpaired) electrons. The van der Waals surface area contributed by atoms with Crippen LogP contribution in [0, 0.1) is 0 Å². The van der Waals surface area contributed by atoms with Crippen molar-refractivity contribution in [2.45, 2.75) is 65.3 Å². The Morgan fingerprint density at radius 3 is 2.60 bits per heavy atom. The lowest BCUT2D eigenvalue weighted by Gasteiger charge is -2.19. The SMILES string of the molecule is CCCC(C)n1cnc(C(C)(C)CC)c1. The number of hydrogen-bond acceptors (Lipinski definition) is 1. The Morgan fingerprint density at radius 2 is 2.07 bits per heavy atom. The predicted octanol–water partition coefficient (Wildman–Crippen LogP) is 3.93. The Balaban J connectivity index is 2.80. The van der Waals surface area contributed by atoms with Gasteiger partial charge in [-0.25, -0.2) is 4.98 Å². The van der Waals surface area contributed by atoms with E-state index in [1.807, 2.05) is 6.33 Å². The first kappa shape index (κ1) is 12.3. The molecule has 0 N–H and O–H groups in total. The van der Waals surface area contributed by atoms with Gasteiger partial charge in [-0.3, -0.25) is 0 Å². The molecule has 15 heavy (non-hydrogen) atoms. The summed E-state index contributed by atoms with van der Waals surface area (Å²) in [5.41, 5.74) is 1.42. The molecule has 1 rings (SSSR count). The van der Waals surface area contributed by atoms with Crippen LogP contribution in [0.25, 0.3) is 0 Å². The summed E-state index contributed by atoms with van der Waals surface area (Å²) in [6.07, 6.45) is 7.78. The molecule has 0 aliphatic heterocycles. The van der Waals surface area contributed by atoms with Crippen molar-refractivity contribution in [1.82, 2.24) is 9.55 Å².